The standard InChI is InChI=1S/C26H33BrFN3O2S.C26H32F3N3O2S/c1-33-22-5-2-18(3-6-22)19-8-12-30(13-9-19)17-25(32)20-10-14-31(15-11-20)26(34)29-21-4-7-23(27)24(28)16-21;1-34-21-4-2-17(3-5-21)18-6-10-31(11-7-18)16-24(33)19-8-12-32(13-9-19)26(35)30-23-15-20(27)14-22(28)25(23)29/h2-7,16,19-20,25,32H,8-15,17H2,1H3,(H,29,34);2-5,14-15,18-19,24,33H,6-13,16H2,1H3,(H,30,35). The van der Waals surface area contributed by atoms with Crippen LogP contribution in [0.5, 0.6) is 11.5 Å². The number of ether oxygens (including phenoxy) is 2. The maximum Gasteiger partial charge on any atom is 0.182 e. The normalized spacial score (nSPS) is 19.0. The van der Waals surface area contributed by atoms with Gasteiger partial charge in [0.2, 0.25) is 0 Å². The van der Waals surface area contributed by atoms with Crippen molar-refractivity contribution in [1.29, 1.82) is 0 Å². The van der Waals surface area contributed by atoms with Crippen LogP contribution in [-0.2, 0) is 0 Å². The number of aliphatic hydroxyl groups is 2. The number of anilines is 2. The molecule has 4 aliphatic rings. The maximum atomic E-state index is 13.9. The van der Waals surface area contributed by atoms with Crippen LogP contribution in [-0.4, -0.2) is 132 Å². The second kappa shape index (κ2) is 25.3. The van der Waals surface area contributed by atoms with E-state index < -0.39 is 23.6 Å². The summed E-state index contributed by atoms with van der Waals surface area (Å²) in [6, 6.07) is 23.0. The van der Waals surface area contributed by atoms with Gasteiger partial charge in [0.15, 0.2) is 21.9 Å². The van der Waals surface area contributed by atoms with Gasteiger partial charge in [0.25, 0.3) is 0 Å². The van der Waals surface area contributed by atoms with E-state index in [1.165, 1.54) is 17.2 Å². The highest BCUT2D eigenvalue weighted by Crippen LogP contribution is 2.33. The van der Waals surface area contributed by atoms with Crippen LogP contribution >= 0.6 is 40.4 Å². The van der Waals surface area contributed by atoms with E-state index in [1.54, 1.807) is 26.4 Å². The number of hydrogen-bond donors (Lipinski definition) is 4. The average Bonchev–Trinajstić information content (AvgIpc) is 3.37. The van der Waals surface area contributed by atoms with Crippen molar-refractivity contribution in [3.05, 3.63) is 118 Å². The quantitative estimate of drug-likeness (QED) is 0.0619. The van der Waals surface area contributed by atoms with Crippen LogP contribution in [0.25, 0.3) is 0 Å². The number of methoxy groups -OCH3 is 2. The number of likely N-dealkylation sites (tertiary alicyclic amines) is 4. The molecule has 69 heavy (non-hydrogen) atoms. The Balaban J connectivity index is 0.000000204. The van der Waals surface area contributed by atoms with E-state index in [0.717, 1.165) is 115 Å². The van der Waals surface area contributed by atoms with Crippen LogP contribution in [0.2, 0.25) is 0 Å². The molecule has 0 saturated carbocycles. The van der Waals surface area contributed by atoms with Gasteiger partial charge in [-0.3, -0.25) is 0 Å². The second-order valence-corrected chi connectivity index (χ2v) is 20.3. The number of β-amino-alcohol motifs (C(OH)–C–C–N with tert-alkyl or cyclic N) is 2. The Morgan fingerprint density at radius 2 is 1.03 bits per heavy atom. The monoisotopic (exact) mass is 1060 g/mol. The van der Waals surface area contributed by atoms with Crippen LogP contribution in [0.1, 0.15) is 74.3 Å². The van der Waals surface area contributed by atoms with E-state index in [2.05, 4.69) is 65.5 Å². The molecule has 4 heterocycles. The summed E-state index contributed by atoms with van der Waals surface area (Å²) in [6.45, 7) is 8.11. The Morgan fingerprint density at radius 1 is 0.594 bits per heavy atom. The Kier molecular flexibility index (Phi) is 19.4. The van der Waals surface area contributed by atoms with Gasteiger partial charge in [-0.1, -0.05) is 24.3 Å². The number of aliphatic hydroxyl groups excluding tert-OH is 2. The number of halogens is 5. The largest absolute Gasteiger partial charge is 0.497 e. The summed E-state index contributed by atoms with van der Waals surface area (Å²) in [7, 11) is 3.37. The minimum atomic E-state index is -1.26. The highest BCUT2D eigenvalue weighted by molar-refractivity contribution is 9.10. The summed E-state index contributed by atoms with van der Waals surface area (Å²) in [5.41, 5.74) is 3.05. The minimum absolute atomic E-state index is 0.150. The van der Waals surface area contributed by atoms with Gasteiger partial charge >= 0.3 is 0 Å². The second-order valence-electron chi connectivity index (χ2n) is 18.7. The molecule has 2 atom stereocenters. The van der Waals surface area contributed by atoms with Crippen molar-refractivity contribution in [2.45, 2.75) is 75.4 Å². The number of rotatable bonds is 12. The van der Waals surface area contributed by atoms with E-state index in [0.29, 0.717) is 52.8 Å². The third-order valence-electron chi connectivity index (χ3n) is 14.4. The van der Waals surface area contributed by atoms with Crippen molar-refractivity contribution in [3.8, 4) is 11.5 Å². The molecule has 10 nitrogen and oxygen atoms in total. The molecule has 4 N–H and O–H groups in total. The number of nitrogens with zero attached hydrogens (tertiary/aromatic N) is 4. The summed E-state index contributed by atoms with van der Waals surface area (Å²) in [6.07, 6.45) is 6.91. The van der Waals surface area contributed by atoms with Gasteiger partial charge in [0, 0.05) is 57.1 Å². The molecule has 0 amide bonds. The van der Waals surface area contributed by atoms with Crippen molar-refractivity contribution in [3.63, 3.8) is 0 Å². The zero-order chi connectivity index (χ0) is 49.0. The Morgan fingerprint density at radius 3 is 1.45 bits per heavy atom. The number of hydrogen-bond acceptors (Lipinski definition) is 8. The zero-order valence-corrected chi connectivity index (χ0v) is 42.6. The summed E-state index contributed by atoms with van der Waals surface area (Å²) in [4.78, 5) is 8.70. The van der Waals surface area contributed by atoms with Gasteiger partial charge in [0.05, 0.1) is 36.6 Å². The van der Waals surface area contributed by atoms with Crippen molar-refractivity contribution in [2.24, 2.45) is 11.8 Å². The Labute approximate surface area is 423 Å². The molecule has 0 radical (unpaired) electrons. The van der Waals surface area contributed by atoms with Gasteiger partial charge in [-0.2, -0.15) is 0 Å². The van der Waals surface area contributed by atoms with Gasteiger partial charge in [-0.25, -0.2) is 17.6 Å². The molecule has 17 heteroatoms. The van der Waals surface area contributed by atoms with Gasteiger partial charge in [-0.15, -0.1) is 0 Å². The van der Waals surface area contributed by atoms with Crippen molar-refractivity contribution in [1.82, 2.24) is 19.6 Å². The summed E-state index contributed by atoms with van der Waals surface area (Å²) in [5.74, 6) is -0.300. The molecule has 0 aromatic heterocycles. The van der Waals surface area contributed by atoms with E-state index in [1.807, 2.05) is 29.2 Å². The summed E-state index contributed by atoms with van der Waals surface area (Å²) in [5, 5.41) is 28.4. The van der Waals surface area contributed by atoms with Crippen LogP contribution in [0, 0.1) is 35.1 Å². The van der Waals surface area contributed by atoms with Crippen molar-refractivity contribution >= 4 is 62.0 Å². The highest BCUT2D eigenvalue weighted by Gasteiger charge is 2.31. The lowest BCUT2D eigenvalue weighted by Gasteiger charge is -2.38. The fraction of sp³-hybridized carbons (Fsp3) is 0.500. The number of piperidine rings is 4. The molecular weight excluding hydrogens is 993 g/mol. The molecule has 4 aromatic rings. The molecular formula is C52H65BrF4N6O4S2. The van der Waals surface area contributed by atoms with Crippen LogP contribution in [0.4, 0.5) is 28.9 Å². The SMILES string of the molecule is COc1ccc(C2CCN(CC(O)C3CCN(C(=S)Nc4cc(F)cc(F)c4F)CC3)CC2)cc1.COc1ccc(C2CCN(CC(O)C3CCN(C(=S)Nc4ccc(Br)c(F)c4)CC3)CC2)cc1. The van der Waals surface area contributed by atoms with E-state index in [4.69, 9.17) is 33.9 Å². The first kappa shape index (κ1) is 52.7. The average molecular weight is 1060 g/mol. The first-order chi connectivity index (χ1) is 33.3. The van der Waals surface area contributed by atoms with Crippen LogP contribution < -0.4 is 20.1 Å². The number of nitrogens with one attached hydrogen (secondary N) is 2. The molecule has 4 saturated heterocycles. The van der Waals surface area contributed by atoms with Crippen LogP contribution in [0.3, 0.4) is 0 Å². The smallest absolute Gasteiger partial charge is 0.182 e. The number of thiocarbonyl (C=S) groups is 2. The molecule has 374 valence electrons. The summed E-state index contributed by atoms with van der Waals surface area (Å²) >= 11 is 14.0. The lowest BCUT2D eigenvalue weighted by atomic mass is 9.88. The van der Waals surface area contributed by atoms with Gasteiger partial charge in [0.1, 0.15) is 23.1 Å². The Hall–Kier alpha value is -4.10. The minimum Gasteiger partial charge on any atom is -0.497 e. The molecule has 0 aliphatic carbocycles. The van der Waals surface area contributed by atoms with Crippen molar-refractivity contribution in [2.75, 3.05) is 90.3 Å². The van der Waals surface area contributed by atoms with E-state index in [9.17, 15) is 27.8 Å². The lowest BCUT2D eigenvalue weighted by Crippen LogP contribution is -2.46. The first-order valence-corrected chi connectivity index (χ1v) is 25.7. The third-order valence-corrected chi connectivity index (χ3v) is 15.8. The molecule has 4 fully saturated rings. The molecule has 4 aromatic carbocycles. The molecule has 0 spiro atoms. The van der Waals surface area contributed by atoms with E-state index in [-0.39, 0.29) is 34.6 Å². The molecule has 2 unspecified atom stereocenters. The number of benzene rings is 4. The van der Waals surface area contributed by atoms with Gasteiger partial charge < -0.3 is 49.9 Å². The fourth-order valence-electron chi connectivity index (χ4n) is 10.1. The maximum absolute atomic E-state index is 13.9. The zero-order valence-electron chi connectivity index (χ0n) is 39.4. The predicted molar refractivity (Wildman–Crippen MR) is 276 cm³/mol. The highest BCUT2D eigenvalue weighted by atomic mass is 79.9. The first-order valence-electron chi connectivity index (χ1n) is 24.1. The van der Waals surface area contributed by atoms with Crippen molar-refractivity contribution < 1.29 is 37.2 Å². The molecule has 8 rings (SSSR count). The predicted octanol–water partition coefficient (Wildman–Crippen LogP) is 10.0. The lowest BCUT2D eigenvalue weighted by molar-refractivity contribution is 0.0342. The van der Waals surface area contributed by atoms with E-state index >= 15 is 0 Å². The topological polar surface area (TPSA) is 95.9 Å². The Bertz CT molecular complexity index is 2290. The molecule has 0 bridgehead atoms. The summed E-state index contributed by atoms with van der Waals surface area (Å²) < 4.78 is 65.5. The fourth-order valence-corrected chi connectivity index (χ4v) is 10.9. The van der Waals surface area contributed by atoms with Crippen LogP contribution in [0.15, 0.2) is 83.3 Å². The third kappa shape index (κ3) is 14.7. The molecule has 4 aliphatic heterocycles. The van der Waals surface area contributed by atoms with Gasteiger partial charge in [-0.05, 0) is 195 Å².